The van der Waals surface area contributed by atoms with E-state index in [0.717, 1.165) is 18.6 Å². The van der Waals surface area contributed by atoms with Crippen molar-refractivity contribution in [3.63, 3.8) is 0 Å². The summed E-state index contributed by atoms with van der Waals surface area (Å²) in [5.74, 6) is 1.55. The van der Waals surface area contributed by atoms with Crippen LogP contribution in [0.25, 0.3) is 0 Å². The lowest BCUT2D eigenvalue weighted by molar-refractivity contribution is 0.242. The summed E-state index contributed by atoms with van der Waals surface area (Å²) in [6.45, 7) is 6.36. The summed E-state index contributed by atoms with van der Waals surface area (Å²) in [5.41, 5.74) is 2.80. The highest BCUT2D eigenvalue weighted by molar-refractivity contribution is 5.30. The van der Waals surface area contributed by atoms with Gasteiger partial charge in [-0.3, -0.25) is 0 Å². The highest BCUT2D eigenvalue weighted by Gasteiger charge is 2.10. The molecular formula is C19H24O. The molecule has 0 radical (unpaired) electrons. The zero-order valence-corrected chi connectivity index (χ0v) is 12.7. The minimum atomic E-state index is 0.230. The molecule has 0 saturated carbocycles. The first kappa shape index (κ1) is 14.6. The molecule has 0 heterocycles. The molecule has 2 aromatic carbocycles. The molecule has 0 saturated heterocycles. The van der Waals surface area contributed by atoms with E-state index in [2.05, 4.69) is 75.4 Å². The van der Waals surface area contributed by atoms with Crippen molar-refractivity contribution in [2.24, 2.45) is 0 Å². The van der Waals surface area contributed by atoms with Crippen LogP contribution in [0.15, 0.2) is 54.6 Å². The Morgan fingerprint density at radius 2 is 1.55 bits per heavy atom. The van der Waals surface area contributed by atoms with Crippen molar-refractivity contribution in [1.82, 2.24) is 0 Å². The van der Waals surface area contributed by atoms with Gasteiger partial charge < -0.3 is 4.74 Å². The first-order valence-electron chi connectivity index (χ1n) is 7.49. The van der Waals surface area contributed by atoms with E-state index in [1.807, 2.05) is 0 Å². The predicted octanol–water partition coefficient (Wildman–Crippen LogP) is 5.21. The number of ether oxygens (including phenoxy) is 1. The smallest absolute Gasteiger partial charge is 0.119 e. The minimum Gasteiger partial charge on any atom is -0.491 e. The van der Waals surface area contributed by atoms with E-state index in [1.54, 1.807) is 0 Å². The van der Waals surface area contributed by atoms with Crippen LogP contribution in [-0.2, 0) is 6.42 Å². The van der Waals surface area contributed by atoms with Crippen molar-refractivity contribution in [3.05, 3.63) is 65.7 Å². The van der Waals surface area contributed by atoms with Gasteiger partial charge in [-0.1, -0.05) is 49.4 Å². The van der Waals surface area contributed by atoms with Crippen molar-refractivity contribution < 1.29 is 4.74 Å². The Morgan fingerprint density at radius 3 is 2.10 bits per heavy atom. The van der Waals surface area contributed by atoms with Crippen molar-refractivity contribution >= 4 is 0 Å². The Kier molecular flexibility index (Phi) is 5.23. The fourth-order valence-electron chi connectivity index (χ4n) is 2.48. The van der Waals surface area contributed by atoms with E-state index < -0.39 is 0 Å². The maximum Gasteiger partial charge on any atom is 0.119 e. The maximum atomic E-state index is 5.69. The van der Waals surface area contributed by atoms with E-state index in [4.69, 9.17) is 4.74 Å². The molecule has 2 aromatic rings. The Bertz CT molecular complexity index is 499. The third-order valence-corrected chi connectivity index (χ3v) is 3.54. The van der Waals surface area contributed by atoms with Gasteiger partial charge in [-0.25, -0.2) is 0 Å². The van der Waals surface area contributed by atoms with Crippen molar-refractivity contribution in [1.29, 1.82) is 0 Å². The Hall–Kier alpha value is -1.76. The van der Waals surface area contributed by atoms with Crippen molar-refractivity contribution in [3.8, 4) is 5.75 Å². The van der Waals surface area contributed by atoms with E-state index in [9.17, 15) is 0 Å². The van der Waals surface area contributed by atoms with Crippen LogP contribution in [0.5, 0.6) is 5.75 Å². The largest absolute Gasteiger partial charge is 0.491 e. The van der Waals surface area contributed by atoms with Gasteiger partial charge in [0.1, 0.15) is 5.75 Å². The summed E-state index contributed by atoms with van der Waals surface area (Å²) >= 11 is 0. The zero-order chi connectivity index (χ0) is 14.4. The third kappa shape index (κ3) is 4.12. The van der Waals surface area contributed by atoms with Gasteiger partial charge in [-0.05, 0) is 55.9 Å². The van der Waals surface area contributed by atoms with Gasteiger partial charge in [0, 0.05) is 0 Å². The predicted molar refractivity (Wildman–Crippen MR) is 85.4 cm³/mol. The second kappa shape index (κ2) is 7.14. The lowest BCUT2D eigenvalue weighted by Gasteiger charge is -2.16. The summed E-state index contributed by atoms with van der Waals surface area (Å²) in [7, 11) is 0. The number of rotatable bonds is 6. The molecule has 0 N–H and O–H groups in total. The summed E-state index contributed by atoms with van der Waals surface area (Å²) in [4.78, 5) is 0. The molecule has 0 aromatic heterocycles. The van der Waals surface area contributed by atoms with Gasteiger partial charge in [-0.2, -0.15) is 0 Å². The quantitative estimate of drug-likeness (QED) is 0.698. The fraction of sp³-hybridized carbons (Fsp3) is 0.368. The molecule has 0 aliphatic heterocycles. The van der Waals surface area contributed by atoms with Gasteiger partial charge in [0.15, 0.2) is 0 Å². The van der Waals surface area contributed by atoms with Crippen LogP contribution in [0, 0.1) is 0 Å². The monoisotopic (exact) mass is 268 g/mol. The van der Waals surface area contributed by atoms with Crippen molar-refractivity contribution in [2.45, 2.75) is 45.6 Å². The topological polar surface area (TPSA) is 9.23 Å². The van der Waals surface area contributed by atoms with Gasteiger partial charge in [0.2, 0.25) is 0 Å². The highest BCUT2D eigenvalue weighted by Crippen LogP contribution is 2.25. The number of hydrogen-bond donors (Lipinski definition) is 0. The molecule has 1 heteroatoms. The lowest BCUT2D eigenvalue weighted by atomic mass is 9.90. The van der Waals surface area contributed by atoms with Crippen LogP contribution in [0.3, 0.4) is 0 Å². The van der Waals surface area contributed by atoms with Crippen LogP contribution in [0.4, 0.5) is 0 Å². The molecule has 0 amide bonds. The summed E-state index contributed by atoms with van der Waals surface area (Å²) in [5, 5.41) is 0. The van der Waals surface area contributed by atoms with Crippen LogP contribution < -0.4 is 4.74 Å². The fourth-order valence-corrected chi connectivity index (χ4v) is 2.48. The van der Waals surface area contributed by atoms with Crippen LogP contribution >= 0.6 is 0 Å². The molecule has 20 heavy (non-hydrogen) atoms. The first-order valence-corrected chi connectivity index (χ1v) is 7.49. The van der Waals surface area contributed by atoms with E-state index >= 15 is 0 Å². The zero-order valence-electron chi connectivity index (χ0n) is 12.7. The Morgan fingerprint density at radius 1 is 0.900 bits per heavy atom. The van der Waals surface area contributed by atoms with Gasteiger partial charge in [0.25, 0.3) is 0 Å². The molecule has 0 bridgehead atoms. The highest BCUT2D eigenvalue weighted by atomic mass is 16.5. The molecule has 106 valence electrons. The minimum absolute atomic E-state index is 0.230. The molecular weight excluding hydrogens is 244 g/mol. The standard InChI is InChI=1S/C19H24O/c1-4-17(18-8-6-5-7-9-18)14-16-10-12-19(13-11-16)20-15(2)3/h5-13,15,17H,4,14H2,1-3H3. The molecule has 0 fully saturated rings. The second-order valence-corrected chi connectivity index (χ2v) is 5.53. The Balaban J connectivity index is 2.05. The molecule has 0 spiro atoms. The van der Waals surface area contributed by atoms with E-state index in [1.165, 1.54) is 11.1 Å². The first-order chi connectivity index (χ1) is 9.69. The van der Waals surface area contributed by atoms with Crippen LogP contribution in [-0.4, -0.2) is 6.10 Å². The third-order valence-electron chi connectivity index (χ3n) is 3.54. The summed E-state index contributed by atoms with van der Waals surface area (Å²) in [6.07, 6.45) is 2.48. The van der Waals surface area contributed by atoms with Crippen LogP contribution in [0.2, 0.25) is 0 Å². The summed E-state index contributed by atoms with van der Waals surface area (Å²) in [6, 6.07) is 19.3. The summed E-state index contributed by atoms with van der Waals surface area (Å²) < 4.78 is 5.69. The van der Waals surface area contributed by atoms with Crippen LogP contribution in [0.1, 0.15) is 44.2 Å². The van der Waals surface area contributed by atoms with Gasteiger partial charge in [-0.15, -0.1) is 0 Å². The number of benzene rings is 2. The van der Waals surface area contributed by atoms with Gasteiger partial charge >= 0.3 is 0 Å². The molecule has 0 aliphatic rings. The SMILES string of the molecule is CCC(Cc1ccc(OC(C)C)cc1)c1ccccc1. The van der Waals surface area contributed by atoms with Crippen molar-refractivity contribution in [2.75, 3.05) is 0 Å². The molecule has 0 aliphatic carbocycles. The van der Waals surface area contributed by atoms with E-state index in [0.29, 0.717) is 5.92 Å². The number of hydrogen-bond acceptors (Lipinski definition) is 1. The second-order valence-electron chi connectivity index (χ2n) is 5.53. The average molecular weight is 268 g/mol. The molecule has 1 nitrogen and oxygen atoms in total. The normalized spacial score (nSPS) is 12.4. The Labute approximate surface area is 122 Å². The average Bonchev–Trinajstić information content (AvgIpc) is 2.47. The van der Waals surface area contributed by atoms with E-state index in [-0.39, 0.29) is 6.10 Å². The van der Waals surface area contributed by atoms with Gasteiger partial charge in [0.05, 0.1) is 6.10 Å². The molecule has 1 unspecified atom stereocenters. The maximum absolute atomic E-state index is 5.69. The molecule has 1 atom stereocenters. The molecule has 2 rings (SSSR count). The lowest BCUT2D eigenvalue weighted by Crippen LogP contribution is -2.06.